The molecule has 0 radical (unpaired) electrons. The molecule has 4 heterocycles. The fourth-order valence-electron chi connectivity index (χ4n) is 6.65. The summed E-state index contributed by atoms with van der Waals surface area (Å²) in [5, 5.41) is 24.9. The number of aliphatic hydroxyl groups is 1. The second-order valence-electron chi connectivity index (χ2n) is 12.7. The fourth-order valence-corrected chi connectivity index (χ4v) is 8.50. The zero-order chi connectivity index (χ0) is 31.8. The van der Waals surface area contributed by atoms with Crippen molar-refractivity contribution in [3.63, 3.8) is 0 Å². The van der Waals surface area contributed by atoms with E-state index < -0.39 is 6.10 Å². The second kappa shape index (κ2) is 16.0. The maximum absolute atomic E-state index is 13.1. The highest BCUT2D eigenvalue weighted by molar-refractivity contribution is 7.16. The molecule has 248 valence electrons. The molecule has 2 saturated heterocycles. The number of thiazole rings is 2. The molecular weight excluding hydrogens is 611 g/mol. The number of nitrogens with zero attached hydrogens (tertiary/aromatic N) is 3. The van der Waals surface area contributed by atoms with Crippen LogP contribution in [-0.2, 0) is 16.0 Å². The minimum absolute atomic E-state index is 0.0254. The van der Waals surface area contributed by atoms with E-state index in [0.29, 0.717) is 48.4 Å². The average Bonchev–Trinajstić information content (AvgIpc) is 3.57. The molecule has 12 heteroatoms. The van der Waals surface area contributed by atoms with Gasteiger partial charge < -0.3 is 35.1 Å². The molecule has 2 aliphatic heterocycles. The Bertz CT molecular complexity index is 1460. The number of amides is 1. The number of phenolic OH excluding ortho intramolecular Hbond substituents is 1. The number of aromatic nitrogens is 2. The van der Waals surface area contributed by atoms with Gasteiger partial charge in [-0.05, 0) is 58.7 Å². The zero-order valence-electron chi connectivity index (χ0n) is 26.7. The molecule has 45 heavy (non-hydrogen) atoms. The third kappa shape index (κ3) is 9.14. The van der Waals surface area contributed by atoms with Gasteiger partial charge in [0.2, 0.25) is 5.91 Å². The number of rotatable bonds is 15. The topological polar surface area (TPSA) is 131 Å². The number of likely N-dealkylation sites (tertiary alicyclic amines) is 1. The predicted octanol–water partition coefficient (Wildman–Crippen LogP) is 4.66. The highest BCUT2D eigenvalue weighted by Crippen LogP contribution is 2.32. The number of hydrogen-bond acceptors (Lipinski definition) is 10. The number of carbonyl (C=O) groups excluding carboxylic acids is 1. The van der Waals surface area contributed by atoms with E-state index in [-0.39, 0.29) is 22.1 Å². The average molecular weight is 660 g/mol. The van der Waals surface area contributed by atoms with Crippen molar-refractivity contribution < 1.29 is 19.7 Å². The summed E-state index contributed by atoms with van der Waals surface area (Å²) in [7, 11) is 0. The number of unbranched alkanes of at least 4 members (excludes halogenated alkanes) is 6. The lowest BCUT2D eigenvalue weighted by Crippen LogP contribution is -2.58. The van der Waals surface area contributed by atoms with Gasteiger partial charge in [0.15, 0.2) is 0 Å². The molecule has 2 aromatic heterocycles. The first kappa shape index (κ1) is 34.0. The van der Waals surface area contributed by atoms with Gasteiger partial charge in [0, 0.05) is 43.2 Å². The van der Waals surface area contributed by atoms with Crippen molar-refractivity contribution in [3.05, 3.63) is 42.9 Å². The predicted molar refractivity (Wildman–Crippen MR) is 180 cm³/mol. The van der Waals surface area contributed by atoms with E-state index in [1.807, 2.05) is 18.7 Å². The Kier molecular flexibility index (Phi) is 12.1. The third-order valence-electron chi connectivity index (χ3n) is 9.29. The number of hydrogen-bond donors (Lipinski definition) is 4. The van der Waals surface area contributed by atoms with Crippen LogP contribution in [-0.4, -0.2) is 93.9 Å². The van der Waals surface area contributed by atoms with E-state index in [9.17, 15) is 19.8 Å². The number of H-pyrrole nitrogens is 1. The van der Waals surface area contributed by atoms with Gasteiger partial charge in [-0.1, -0.05) is 49.5 Å². The number of piperidine rings is 1. The minimum atomic E-state index is -0.729. The number of aromatic hydroxyl groups is 1. The molecule has 0 bridgehead atoms. The van der Waals surface area contributed by atoms with Gasteiger partial charge >= 0.3 is 4.87 Å². The number of ether oxygens (including phenoxy) is 1. The number of aromatic amines is 1. The van der Waals surface area contributed by atoms with Crippen LogP contribution in [0.25, 0.3) is 10.2 Å². The summed E-state index contributed by atoms with van der Waals surface area (Å²) in [5.41, 5.74) is 1.86. The zero-order valence-corrected chi connectivity index (χ0v) is 28.4. The fraction of sp³-hybridized carbons (Fsp3) is 0.667. The Morgan fingerprint density at radius 3 is 2.56 bits per heavy atom. The van der Waals surface area contributed by atoms with Gasteiger partial charge in [0.25, 0.3) is 0 Å². The van der Waals surface area contributed by atoms with E-state index >= 15 is 0 Å². The summed E-state index contributed by atoms with van der Waals surface area (Å²) in [6.45, 7) is 10.5. The molecule has 5 rings (SSSR count). The van der Waals surface area contributed by atoms with Crippen LogP contribution >= 0.6 is 22.7 Å². The number of phenols is 1. The number of fused-ring (bicyclic) bond motifs is 1. The van der Waals surface area contributed by atoms with Crippen LogP contribution in [0.2, 0.25) is 0 Å². The van der Waals surface area contributed by atoms with Crippen molar-refractivity contribution in [2.24, 2.45) is 0 Å². The van der Waals surface area contributed by atoms with Gasteiger partial charge in [-0.15, -0.1) is 11.3 Å². The van der Waals surface area contributed by atoms with Crippen LogP contribution in [0, 0.1) is 13.8 Å². The largest absolute Gasteiger partial charge is 0.506 e. The van der Waals surface area contributed by atoms with Crippen molar-refractivity contribution >= 4 is 38.8 Å². The maximum atomic E-state index is 13.1. The second-order valence-corrected chi connectivity index (χ2v) is 15.0. The summed E-state index contributed by atoms with van der Waals surface area (Å²) >= 11 is 2.65. The van der Waals surface area contributed by atoms with Crippen LogP contribution in [0.15, 0.2) is 16.9 Å². The molecule has 1 aromatic carbocycles. The van der Waals surface area contributed by atoms with Crippen LogP contribution < -0.4 is 10.2 Å². The van der Waals surface area contributed by atoms with E-state index in [0.717, 1.165) is 72.4 Å². The summed E-state index contributed by atoms with van der Waals surface area (Å²) in [4.78, 5) is 37.3. The summed E-state index contributed by atoms with van der Waals surface area (Å²) in [6.07, 6.45) is 10.2. The van der Waals surface area contributed by atoms with Crippen molar-refractivity contribution in [3.8, 4) is 5.75 Å². The molecule has 2 fully saturated rings. The molecule has 4 N–H and O–H groups in total. The molecule has 0 unspecified atom stereocenters. The smallest absolute Gasteiger partial charge is 0.305 e. The quantitative estimate of drug-likeness (QED) is 0.174. The monoisotopic (exact) mass is 659 g/mol. The van der Waals surface area contributed by atoms with Crippen LogP contribution in [0.3, 0.4) is 0 Å². The van der Waals surface area contributed by atoms with Gasteiger partial charge in [-0.3, -0.25) is 9.59 Å². The van der Waals surface area contributed by atoms with Gasteiger partial charge in [-0.25, -0.2) is 4.98 Å². The van der Waals surface area contributed by atoms with Crippen molar-refractivity contribution in [2.75, 3.05) is 52.4 Å². The van der Waals surface area contributed by atoms with Crippen LogP contribution in [0.1, 0.15) is 85.0 Å². The molecule has 1 atom stereocenters. The summed E-state index contributed by atoms with van der Waals surface area (Å²) in [6, 6.07) is 3.20. The van der Waals surface area contributed by atoms with Gasteiger partial charge in [0.1, 0.15) is 11.3 Å². The minimum Gasteiger partial charge on any atom is -0.506 e. The lowest BCUT2D eigenvalue weighted by atomic mass is 9.89. The van der Waals surface area contributed by atoms with Gasteiger partial charge in [0.05, 0.1) is 40.1 Å². The maximum Gasteiger partial charge on any atom is 0.305 e. The van der Waals surface area contributed by atoms with E-state index in [4.69, 9.17) is 4.74 Å². The molecule has 10 nitrogen and oxygen atoms in total. The van der Waals surface area contributed by atoms with Crippen LogP contribution in [0.4, 0.5) is 0 Å². The number of nitrogens with one attached hydrogen (secondary N) is 2. The number of aryl methyl sites for hydroxylation is 2. The van der Waals surface area contributed by atoms with E-state index in [1.54, 1.807) is 17.4 Å². The SMILES string of the molecule is Cc1nc(C)c(CC(=O)N2CCOC3(CCN(CCCCCCCCCNC[C@H](O)c4ccc(O)c5[nH]c(=O)sc45)CC3)C2)s1. The number of morpholine rings is 1. The van der Waals surface area contributed by atoms with Crippen molar-refractivity contribution in [1.29, 1.82) is 0 Å². The van der Waals surface area contributed by atoms with Crippen molar-refractivity contribution in [1.82, 2.24) is 25.1 Å². The highest BCUT2D eigenvalue weighted by Gasteiger charge is 2.40. The summed E-state index contributed by atoms with van der Waals surface area (Å²) < 4.78 is 6.92. The Hall–Kier alpha value is -2.35. The lowest BCUT2D eigenvalue weighted by Gasteiger charge is -2.47. The Morgan fingerprint density at radius 1 is 1.09 bits per heavy atom. The highest BCUT2D eigenvalue weighted by atomic mass is 32.1. The molecule has 1 amide bonds. The number of benzene rings is 1. The summed E-state index contributed by atoms with van der Waals surface area (Å²) in [5.74, 6) is 0.226. The van der Waals surface area contributed by atoms with Crippen molar-refractivity contribution in [2.45, 2.75) is 89.8 Å². The molecule has 2 aliphatic rings. The molecule has 0 aliphatic carbocycles. The third-order valence-corrected chi connectivity index (χ3v) is 11.3. The van der Waals surface area contributed by atoms with Crippen LogP contribution in [0.5, 0.6) is 5.75 Å². The standard InChI is InChI=1S/C33H49N5O5S2/c1-23-28(44-24(2)35-23)20-29(41)38-18-19-43-33(22-38)12-16-37(17-13-33)15-9-7-5-3-4-6-8-14-34-21-27(40)25-10-11-26(39)30-31(25)45-32(42)36-30/h10-11,27,34,39-40H,3-9,12-22H2,1-2H3,(H,36,42)/t27-/m0/s1. The Balaban J connectivity index is 0.884. The Labute approximate surface area is 273 Å². The lowest BCUT2D eigenvalue weighted by molar-refractivity contribution is -0.158. The first-order valence-electron chi connectivity index (χ1n) is 16.5. The van der Waals surface area contributed by atoms with Gasteiger partial charge in [-0.2, -0.15) is 0 Å². The molecule has 3 aromatic rings. The first-order valence-corrected chi connectivity index (χ1v) is 18.2. The number of aliphatic hydroxyl groups excluding tert-OH is 1. The van der Waals surface area contributed by atoms with E-state index in [1.165, 1.54) is 44.6 Å². The molecular formula is C33H49N5O5S2. The number of carbonyl (C=O) groups is 1. The normalized spacial score (nSPS) is 17.8. The van der Waals surface area contributed by atoms with E-state index in [2.05, 4.69) is 20.2 Å². The molecule has 1 spiro atoms. The Morgan fingerprint density at radius 2 is 1.82 bits per heavy atom. The molecule has 0 saturated carbocycles. The first-order chi connectivity index (χ1) is 21.7.